The lowest BCUT2D eigenvalue weighted by molar-refractivity contribution is -0.387. The summed E-state index contributed by atoms with van der Waals surface area (Å²) >= 11 is 0. The van der Waals surface area contributed by atoms with Gasteiger partial charge in [0.15, 0.2) is 9.84 Å². The number of piperazine rings is 1. The molecule has 1 saturated heterocycles. The lowest BCUT2D eigenvalue weighted by atomic mass is 10.1. The van der Waals surface area contributed by atoms with Crippen molar-refractivity contribution in [3.63, 3.8) is 0 Å². The second-order valence-electron chi connectivity index (χ2n) is 6.43. The van der Waals surface area contributed by atoms with Crippen LogP contribution >= 0.6 is 0 Å². The van der Waals surface area contributed by atoms with Gasteiger partial charge < -0.3 is 9.80 Å². The number of nitro groups is 1. The molecule has 146 valence electrons. The van der Waals surface area contributed by atoms with Gasteiger partial charge in [0.2, 0.25) is 0 Å². The highest BCUT2D eigenvalue weighted by atomic mass is 32.2. The highest BCUT2D eigenvalue weighted by Crippen LogP contribution is 2.30. The Hall–Kier alpha value is -3.19. The van der Waals surface area contributed by atoms with Crippen molar-refractivity contribution in [2.45, 2.75) is 4.90 Å². The van der Waals surface area contributed by atoms with E-state index in [-0.39, 0.29) is 10.5 Å². The zero-order valence-corrected chi connectivity index (χ0v) is 15.8. The number of benzene rings is 2. The van der Waals surface area contributed by atoms with Crippen molar-refractivity contribution >= 4 is 26.9 Å². The van der Waals surface area contributed by atoms with E-state index in [1.54, 1.807) is 12.1 Å². The molecule has 1 aliphatic heterocycles. The second-order valence-corrected chi connectivity index (χ2v) is 8.42. The van der Waals surface area contributed by atoms with Crippen LogP contribution in [0.1, 0.15) is 5.56 Å². The van der Waals surface area contributed by atoms with Gasteiger partial charge in [0.25, 0.3) is 5.69 Å². The molecule has 1 aliphatic rings. The smallest absolute Gasteiger partial charge is 0.288 e. The fourth-order valence-corrected chi connectivity index (χ4v) is 4.04. The van der Waals surface area contributed by atoms with Gasteiger partial charge in [0.05, 0.1) is 22.2 Å². The third kappa shape index (κ3) is 3.89. The van der Waals surface area contributed by atoms with Crippen molar-refractivity contribution in [3.05, 3.63) is 57.9 Å². The fraction of sp³-hybridized carbons (Fsp3) is 0.278. The average Bonchev–Trinajstić information content (AvgIpc) is 2.67. The molecule has 2 aromatic rings. The average molecular weight is 404 g/mol. The summed E-state index contributed by atoms with van der Waals surface area (Å²) in [5.41, 5.74) is 0.758. The maximum absolute atomic E-state index is 14.2. The van der Waals surface area contributed by atoms with E-state index in [0.29, 0.717) is 37.6 Å². The molecule has 0 aromatic heterocycles. The first kappa shape index (κ1) is 19.6. The Kier molecular flexibility index (Phi) is 5.20. The second kappa shape index (κ2) is 7.44. The highest BCUT2D eigenvalue weighted by molar-refractivity contribution is 7.90. The van der Waals surface area contributed by atoms with Crippen LogP contribution in [0.2, 0.25) is 0 Å². The van der Waals surface area contributed by atoms with Crippen molar-refractivity contribution in [1.29, 1.82) is 5.26 Å². The third-order valence-corrected chi connectivity index (χ3v) is 5.73. The first-order valence-corrected chi connectivity index (χ1v) is 10.3. The fourth-order valence-electron chi connectivity index (χ4n) is 3.19. The molecule has 2 aromatic carbocycles. The number of rotatable bonds is 4. The predicted octanol–water partition coefficient (Wildman–Crippen LogP) is 2.34. The molecule has 0 N–H and O–H groups in total. The summed E-state index contributed by atoms with van der Waals surface area (Å²) in [5.74, 6) is -0.470. The summed E-state index contributed by atoms with van der Waals surface area (Å²) in [6.45, 7) is 1.93. The van der Waals surface area contributed by atoms with E-state index < -0.39 is 26.3 Å². The molecule has 0 amide bonds. The predicted molar refractivity (Wildman–Crippen MR) is 102 cm³/mol. The van der Waals surface area contributed by atoms with Crippen LogP contribution in [-0.4, -0.2) is 45.8 Å². The zero-order valence-electron chi connectivity index (χ0n) is 15.0. The van der Waals surface area contributed by atoms with Gasteiger partial charge in [-0.05, 0) is 30.3 Å². The summed E-state index contributed by atoms with van der Waals surface area (Å²) in [4.78, 5) is 13.8. The summed E-state index contributed by atoms with van der Waals surface area (Å²) in [6.07, 6.45) is 0.935. The number of nitriles is 1. The molecule has 28 heavy (non-hydrogen) atoms. The van der Waals surface area contributed by atoms with Gasteiger partial charge in [-0.15, -0.1) is 0 Å². The first-order chi connectivity index (χ1) is 13.2. The lowest BCUT2D eigenvalue weighted by Gasteiger charge is -2.37. The summed E-state index contributed by atoms with van der Waals surface area (Å²) < 4.78 is 38.1. The Balaban J connectivity index is 1.80. The van der Waals surface area contributed by atoms with Crippen molar-refractivity contribution in [2.75, 3.05) is 42.2 Å². The Morgan fingerprint density at radius 2 is 1.75 bits per heavy atom. The van der Waals surface area contributed by atoms with E-state index in [2.05, 4.69) is 0 Å². The summed E-state index contributed by atoms with van der Waals surface area (Å²) in [7, 11) is -3.76. The largest absolute Gasteiger partial charge is 0.368 e. The minimum atomic E-state index is -3.76. The molecule has 1 heterocycles. The monoisotopic (exact) mass is 404 g/mol. The minimum absolute atomic E-state index is 0.249. The standard InChI is InChI=1S/C18H17FN4O4S/c1-28(26,27)18-11-14(3-5-17(18)23(24)25)21-6-8-22(9-7-21)16-4-2-13(12-20)10-15(16)19/h2-5,10-11H,6-9H2,1H3. The third-order valence-electron chi connectivity index (χ3n) is 4.60. The van der Waals surface area contributed by atoms with Gasteiger partial charge in [-0.3, -0.25) is 10.1 Å². The minimum Gasteiger partial charge on any atom is -0.368 e. The molecule has 1 fully saturated rings. The Bertz CT molecular complexity index is 1070. The zero-order chi connectivity index (χ0) is 20.5. The molecular formula is C18H17FN4O4S. The van der Waals surface area contributed by atoms with Crippen LogP contribution in [-0.2, 0) is 9.84 Å². The number of nitro benzene ring substituents is 1. The van der Waals surface area contributed by atoms with Gasteiger partial charge >= 0.3 is 0 Å². The van der Waals surface area contributed by atoms with Gasteiger partial charge in [0, 0.05) is 44.2 Å². The van der Waals surface area contributed by atoms with Crippen molar-refractivity contribution < 1.29 is 17.7 Å². The van der Waals surface area contributed by atoms with E-state index in [1.807, 2.05) is 15.9 Å². The number of nitrogens with zero attached hydrogens (tertiary/aromatic N) is 4. The maximum atomic E-state index is 14.2. The van der Waals surface area contributed by atoms with Crippen molar-refractivity contribution in [3.8, 4) is 6.07 Å². The highest BCUT2D eigenvalue weighted by Gasteiger charge is 2.25. The quantitative estimate of drug-likeness (QED) is 0.568. The van der Waals surface area contributed by atoms with Gasteiger partial charge in [0.1, 0.15) is 10.7 Å². The van der Waals surface area contributed by atoms with Gasteiger partial charge in [-0.2, -0.15) is 5.26 Å². The topological polar surface area (TPSA) is 108 Å². The first-order valence-electron chi connectivity index (χ1n) is 8.39. The number of halogens is 1. The van der Waals surface area contributed by atoms with Gasteiger partial charge in [-0.1, -0.05) is 0 Å². The van der Waals surface area contributed by atoms with Crippen LogP contribution < -0.4 is 9.80 Å². The summed E-state index contributed by atoms with van der Waals surface area (Å²) in [6, 6.07) is 10.2. The molecule has 0 atom stereocenters. The SMILES string of the molecule is CS(=O)(=O)c1cc(N2CCN(c3ccc(C#N)cc3F)CC2)ccc1[N+](=O)[O-]. The molecule has 10 heteroatoms. The molecule has 3 rings (SSSR count). The van der Waals surface area contributed by atoms with Gasteiger partial charge in [-0.25, -0.2) is 12.8 Å². The number of anilines is 2. The Labute approximate surface area is 161 Å². The number of hydrogen-bond donors (Lipinski definition) is 0. The maximum Gasteiger partial charge on any atom is 0.288 e. The van der Waals surface area contributed by atoms with Crippen LogP contribution in [0.15, 0.2) is 41.3 Å². The lowest BCUT2D eigenvalue weighted by Crippen LogP contribution is -2.46. The summed E-state index contributed by atoms with van der Waals surface area (Å²) in [5, 5.41) is 19.9. The van der Waals surface area contributed by atoms with E-state index in [4.69, 9.17) is 5.26 Å². The van der Waals surface area contributed by atoms with Crippen LogP contribution in [0.3, 0.4) is 0 Å². The van der Waals surface area contributed by atoms with Crippen LogP contribution in [0.5, 0.6) is 0 Å². The van der Waals surface area contributed by atoms with E-state index in [0.717, 1.165) is 6.26 Å². The Morgan fingerprint density at radius 3 is 2.29 bits per heavy atom. The molecule has 0 radical (unpaired) electrons. The molecule has 0 bridgehead atoms. The normalized spacial score (nSPS) is 14.6. The molecule has 0 aliphatic carbocycles. The molecular weight excluding hydrogens is 387 g/mol. The molecule has 0 spiro atoms. The van der Waals surface area contributed by atoms with Crippen molar-refractivity contribution in [1.82, 2.24) is 0 Å². The van der Waals surface area contributed by atoms with Crippen molar-refractivity contribution in [2.24, 2.45) is 0 Å². The molecule has 8 nitrogen and oxygen atoms in total. The van der Waals surface area contributed by atoms with E-state index in [9.17, 15) is 22.9 Å². The van der Waals surface area contributed by atoms with Crippen LogP contribution in [0.4, 0.5) is 21.5 Å². The van der Waals surface area contributed by atoms with E-state index >= 15 is 0 Å². The number of hydrogen-bond acceptors (Lipinski definition) is 7. The van der Waals surface area contributed by atoms with Crippen LogP contribution in [0, 0.1) is 27.3 Å². The van der Waals surface area contributed by atoms with Crippen LogP contribution in [0.25, 0.3) is 0 Å². The molecule has 0 saturated carbocycles. The van der Waals surface area contributed by atoms with E-state index in [1.165, 1.54) is 24.3 Å². The number of sulfone groups is 1. The molecule has 0 unspecified atom stereocenters. The Morgan fingerprint density at radius 1 is 1.11 bits per heavy atom.